The van der Waals surface area contributed by atoms with Crippen LogP contribution in [0.5, 0.6) is 0 Å². The molecule has 1 N–H and O–H groups in total. The molecule has 2 aliphatic rings. The summed E-state index contributed by atoms with van der Waals surface area (Å²) in [5.74, 6) is 0.173. The van der Waals surface area contributed by atoms with Crippen LogP contribution in [0.1, 0.15) is 60.6 Å². The maximum atomic E-state index is 11.8. The number of hydrogen-bond acceptors (Lipinski definition) is 10. The maximum absolute atomic E-state index is 11.8. The number of nitrogens with one attached hydrogen (secondary N) is 1. The number of nitrogens with zero attached hydrogens (tertiary/aromatic N) is 5. The van der Waals surface area contributed by atoms with Gasteiger partial charge in [0.05, 0.1) is 55.9 Å². The first-order valence-electron chi connectivity index (χ1n) is 18.9. The Kier molecular flexibility index (Phi) is 15.0. The van der Waals surface area contributed by atoms with Gasteiger partial charge >= 0.3 is 11.9 Å². The molecule has 2 aliphatic heterocycles. The molecule has 4 heterocycles. The van der Waals surface area contributed by atoms with Gasteiger partial charge in [0.15, 0.2) is 5.82 Å². The predicted octanol–water partition coefficient (Wildman–Crippen LogP) is 9.27. The molecule has 4 aromatic carbocycles. The third-order valence-corrected chi connectivity index (χ3v) is 9.62. The standard InChI is InChI=1S/C21H21N3O2.C16H11BrN2O2.C5H11N.CH3F/c1-26-21(25)16-10-11-17-18(14-16)22-19(15-8-4-2-5-9-15)20(23-17)24-12-6-3-7-13-24;1-21-16(20)11-7-8-12-13(9-11)18-14(15(17)19-12)10-5-3-2-4-6-10;1-2-4-6-5-3-1;1-2/h2,4-5,8-11,14H,3,6-7,12-13H2,1H3;2-9H,1H3;6H,1-5H2;1H3/i;;;1D. The van der Waals surface area contributed by atoms with Crippen LogP contribution in [0.2, 0.25) is 0 Å². The minimum absolute atomic E-state index is 0.366. The van der Waals surface area contributed by atoms with E-state index in [1.54, 1.807) is 30.3 Å². The summed E-state index contributed by atoms with van der Waals surface area (Å²) in [6.07, 6.45) is 7.83. The second-order valence-corrected chi connectivity index (χ2v) is 13.5. The van der Waals surface area contributed by atoms with Crippen LogP contribution >= 0.6 is 15.9 Å². The molecule has 12 heteroatoms. The summed E-state index contributed by atoms with van der Waals surface area (Å²) in [7, 11) is 1.74. The Morgan fingerprint density at radius 1 is 0.655 bits per heavy atom. The van der Waals surface area contributed by atoms with Gasteiger partial charge in [0, 0.05) is 24.2 Å². The van der Waals surface area contributed by atoms with Crippen molar-refractivity contribution < 1.29 is 24.8 Å². The minimum Gasteiger partial charge on any atom is -0.465 e. The third-order valence-electron chi connectivity index (χ3n) is 9.07. The number of carbonyl (C=O) groups excluding carboxylic acids is 2. The van der Waals surface area contributed by atoms with Crippen LogP contribution in [-0.4, -0.2) is 79.4 Å². The molecule has 0 bridgehead atoms. The summed E-state index contributed by atoms with van der Waals surface area (Å²) < 4.78 is 25.7. The van der Waals surface area contributed by atoms with Crippen molar-refractivity contribution in [3.8, 4) is 22.5 Å². The smallest absolute Gasteiger partial charge is 0.337 e. The van der Waals surface area contributed by atoms with Crippen molar-refractivity contribution in [2.45, 2.75) is 38.5 Å². The topological polar surface area (TPSA) is 119 Å². The molecule has 0 unspecified atom stereocenters. The van der Waals surface area contributed by atoms with E-state index in [1.807, 2.05) is 66.7 Å². The van der Waals surface area contributed by atoms with E-state index in [-0.39, 0.29) is 11.9 Å². The van der Waals surface area contributed by atoms with Crippen LogP contribution in [0.4, 0.5) is 10.2 Å². The molecule has 0 radical (unpaired) electrons. The molecule has 286 valence electrons. The first-order valence-corrected chi connectivity index (χ1v) is 19.0. The fourth-order valence-electron chi connectivity index (χ4n) is 6.26. The third kappa shape index (κ3) is 10.9. The van der Waals surface area contributed by atoms with Crippen LogP contribution in [-0.2, 0) is 9.47 Å². The number of carbonyl (C=O) groups is 2. The fraction of sp³-hybridized carbons (Fsp3) is 0.302. The Morgan fingerprint density at radius 3 is 1.60 bits per heavy atom. The fourth-order valence-corrected chi connectivity index (χ4v) is 6.77. The molecule has 0 spiro atoms. The molecular formula is C43H46BrFN6O4. The Hall–Kier alpha value is -5.33. The van der Waals surface area contributed by atoms with Gasteiger partial charge in [-0.2, -0.15) is 0 Å². The second-order valence-electron chi connectivity index (χ2n) is 12.7. The Balaban J connectivity index is 0.000000178. The van der Waals surface area contributed by atoms with Crippen molar-refractivity contribution in [1.82, 2.24) is 25.3 Å². The van der Waals surface area contributed by atoms with E-state index in [4.69, 9.17) is 20.8 Å². The lowest BCUT2D eigenvalue weighted by molar-refractivity contribution is 0.0592. The molecule has 0 aliphatic carbocycles. The number of halogens is 2. The number of aromatic nitrogens is 4. The highest BCUT2D eigenvalue weighted by Crippen LogP contribution is 2.32. The van der Waals surface area contributed by atoms with Crippen LogP contribution in [0, 0.1) is 0 Å². The van der Waals surface area contributed by atoms with Crippen molar-refractivity contribution in [2.24, 2.45) is 0 Å². The van der Waals surface area contributed by atoms with Crippen molar-refractivity contribution >= 4 is 55.8 Å². The zero-order chi connectivity index (χ0) is 39.7. The highest BCUT2D eigenvalue weighted by atomic mass is 79.9. The number of ether oxygens (including phenoxy) is 2. The Morgan fingerprint density at radius 2 is 1.13 bits per heavy atom. The SMILES string of the molecule is C1CCNCC1.COC(=O)c1ccc2nc(Br)c(-c3ccccc3)nc2c1.COC(=O)c1ccc2nc(N3CCCCC3)c(-c3ccccc3)nc2c1.[2H]CF. The van der Waals surface area contributed by atoms with Crippen LogP contribution in [0.15, 0.2) is 102 Å². The first-order chi connectivity index (χ1) is 27.4. The van der Waals surface area contributed by atoms with Gasteiger partial charge in [0.25, 0.3) is 0 Å². The Bertz CT molecular complexity index is 2180. The molecule has 8 rings (SSSR count). The number of hydrogen-bond donors (Lipinski definition) is 1. The molecule has 0 saturated carbocycles. The van der Waals surface area contributed by atoms with Gasteiger partial charge in [-0.3, -0.25) is 4.39 Å². The number of esters is 2. The van der Waals surface area contributed by atoms with E-state index in [2.05, 4.69) is 36.1 Å². The molecule has 0 atom stereocenters. The van der Waals surface area contributed by atoms with Gasteiger partial charge in [-0.05, 0) is 97.5 Å². The number of alkyl halides is 1. The van der Waals surface area contributed by atoms with Gasteiger partial charge in [-0.1, -0.05) is 67.1 Å². The highest BCUT2D eigenvalue weighted by molar-refractivity contribution is 9.10. The van der Waals surface area contributed by atoms with Gasteiger partial charge < -0.3 is 19.7 Å². The minimum atomic E-state index is -1.00. The summed E-state index contributed by atoms with van der Waals surface area (Å²) in [6, 6.07) is 30.3. The summed E-state index contributed by atoms with van der Waals surface area (Å²) in [5, 5.41) is 3.28. The van der Waals surface area contributed by atoms with Crippen molar-refractivity contribution in [1.29, 1.82) is 0 Å². The quantitative estimate of drug-likeness (QED) is 0.169. The number of rotatable bonds is 5. The van der Waals surface area contributed by atoms with E-state index in [1.165, 1.54) is 65.8 Å². The lowest BCUT2D eigenvalue weighted by Gasteiger charge is -2.29. The average molecular weight is 811 g/mol. The molecule has 2 fully saturated rings. The van der Waals surface area contributed by atoms with E-state index in [0.717, 1.165) is 46.9 Å². The molecule has 2 aromatic heterocycles. The normalized spacial score (nSPS) is 13.8. The highest BCUT2D eigenvalue weighted by Gasteiger charge is 2.20. The van der Waals surface area contributed by atoms with Crippen LogP contribution < -0.4 is 10.2 Å². The zero-order valence-electron chi connectivity index (χ0n) is 32.1. The zero-order valence-corrected chi connectivity index (χ0v) is 32.7. The van der Waals surface area contributed by atoms with Gasteiger partial charge in [-0.15, -0.1) is 0 Å². The number of benzene rings is 4. The van der Waals surface area contributed by atoms with Crippen molar-refractivity contribution in [3.63, 3.8) is 0 Å². The molecule has 2 saturated heterocycles. The van der Waals surface area contributed by atoms with E-state index in [0.29, 0.717) is 32.3 Å². The summed E-state index contributed by atoms with van der Waals surface area (Å²) in [6.45, 7) is 4.50. The van der Waals surface area contributed by atoms with Gasteiger partial charge in [0.1, 0.15) is 16.0 Å². The van der Waals surface area contributed by atoms with Gasteiger partial charge in [-0.25, -0.2) is 29.5 Å². The lowest BCUT2D eigenvalue weighted by atomic mass is 10.1. The monoisotopic (exact) mass is 809 g/mol. The predicted molar refractivity (Wildman–Crippen MR) is 220 cm³/mol. The second kappa shape index (κ2) is 20.9. The lowest BCUT2D eigenvalue weighted by Crippen LogP contribution is -2.31. The summed E-state index contributed by atoms with van der Waals surface area (Å²) >= 11 is 3.45. The first kappa shape index (κ1) is 39.4. The molecule has 0 amide bonds. The van der Waals surface area contributed by atoms with Gasteiger partial charge in [0.2, 0.25) is 0 Å². The van der Waals surface area contributed by atoms with Crippen molar-refractivity contribution in [2.75, 3.05) is 52.5 Å². The van der Waals surface area contributed by atoms with Crippen molar-refractivity contribution in [3.05, 3.63) is 113 Å². The molecule has 10 nitrogen and oxygen atoms in total. The molecule has 6 aromatic rings. The maximum Gasteiger partial charge on any atom is 0.337 e. The van der Waals surface area contributed by atoms with Crippen LogP contribution in [0.3, 0.4) is 0 Å². The van der Waals surface area contributed by atoms with E-state index in [9.17, 15) is 14.0 Å². The largest absolute Gasteiger partial charge is 0.465 e. The summed E-state index contributed by atoms with van der Waals surface area (Å²) in [5.41, 5.74) is 7.40. The van der Waals surface area contributed by atoms with E-state index < -0.39 is 7.15 Å². The number of anilines is 1. The van der Waals surface area contributed by atoms with Crippen LogP contribution in [0.25, 0.3) is 44.6 Å². The molecule has 55 heavy (non-hydrogen) atoms. The number of piperidine rings is 2. The number of fused-ring (bicyclic) bond motifs is 2. The Labute approximate surface area is 331 Å². The van der Waals surface area contributed by atoms with E-state index >= 15 is 0 Å². The molecular weight excluding hydrogens is 763 g/mol. The summed E-state index contributed by atoms with van der Waals surface area (Å²) in [4.78, 5) is 44.7. The average Bonchev–Trinajstić information content (AvgIpc) is 3.27. The number of methoxy groups -OCH3 is 2.